The number of hydrogen-bond acceptors (Lipinski definition) is 6. The number of anilines is 2. The average molecular weight is 343 g/mol. The van der Waals surface area contributed by atoms with Crippen molar-refractivity contribution < 1.29 is 4.74 Å². The van der Waals surface area contributed by atoms with E-state index in [1.165, 1.54) is 11.2 Å². The van der Waals surface area contributed by atoms with Crippen LogP contribution in [-0.4, -0.2) is 23.6 Å². The van der Waals surface area contributed by atoms with Crippen LogP contribution >= 0.6 is 27.3 Å². The molecule has 0 saturated carbocycles. The molecule has 19 heavy (non-hydrogen) atoms. The van der Waals surface area contributed by atoms with Gasteiger partial charge in [0.15, 0.2) is 11.6 Å². The zero-order valence-electron chi connectivity index (χ0n) is 10.7. The Hall–Kier alpha value is -1.34. The Kier molecular flexibility index (Phi) is 4.98. The van der Waals surface area contributed by atoms with Gasteiger partial charge < -0.3 is 15.4 Å². The lowest BCUT2D eigenvalue weighted by Crippen LogP contribution is -2.07. The van der Waals surface area contributed by atoms with E-state index < -0.39 is 0 Å². The van der Waals surface area contributed by atoms with E-state index in [0.717, 1.165) is 10.3 Å². The smallest absolute Gasteiger partial charge is 0.204 e. The summed E-state index contributed by atoms with van der Waals surface area (Å²) in [5.74, 6) is 2.04. The van der Waals surface area contributed by atoms with Gasteiger partial charge in [-0.25, -0.2) is 9.97 Å². The van der Waals surface area contributed by atoms with Crippen molar-refractivity contribution >= 4 is 38.9 Å². The van der Waals surface area contributed by atoms with Crippen molar-refractivity contribution in [2.45, 2.75) is 13.5 Å². The first-order valence-corrected chi connectivity index (χ1v) is 7.46. The first kappa shape index (κ1) is 14.1. The molecule has 102 valence electrons. The molecule has 0 spiro atoms. The molecule has 2 heterocycles. The van der Waals surface area contributed by atoms with E-state index in [-0.39, 0.29) is 0 Å². The molecule has 5 nitrogen and oxygen atoms in total. The molecule has 0 fully saturated rings. The summed E-state index contributed by atoms with van der Waals surface area (Å²) in [5, 5.41) is 6.41. The number of thiophene rings is 1. The Bertz CT molecular complexity index is 546. The van der Waals surface area contributed by atoms with Crippen molar-refractivity contribution in [3.8, 4) is 5.75 Å². The van der Waals surface area contributed by atoms with Gasteiger partial charge in [0.2, 0.25) is 5.75 Å². The number of nitrogens with one attached hydrogen (secondary N) is 2. The lowest BCUT2D eigenvalue weighted by Gasteiger charge is -2.12. The minimum atomic E-state index is 0.639. The largest absolute Gasteiger partial charge is 0.490 e. The third-order valence-electron chi connectivity index (χ3n) is 2.41. The molecule has 0 atom stereocenters. The normalized spacial score (nSPS) is 10.3. The highest BCUT2D eigenvalue weighted by atomic mass is 79.9. The van der Waals surface area contributed by atoms with Crippen molar-refractivity contribution in [2.24, 2.45) is 0 Å². The van der Waals surface area contributed by atoms with Crippen LogP contribution in [0.15, 0.2) is 22.2 Å². The van der Waals surface area contributed by atoms with Crippen molar-refractivity contribution in [2.75, 3.05) is 24.3 Å². The molecule has 2 N–H and O–H groups in total. The number of methoxy groups -OCH3 is 1. The molecule has 0 aromatic carbocycles. The van der Waals surface area contributed by atoms with Gasteiger partial charge in [-0.3, -0.25) is 0 Å². The number of aromatic nitrogens is 2. The Morgan fingerprint density at radius 1 is 1.26 bits per heavy atom. The molecule has 0 amide bonds. The third-order valence-corrected chi connectivity index (χ3v) is 4.03. The van der Waals surface area contributed by atoms with Crippen molar-refractivity contribution in [3.63, 3.8) is 0 Å². The van der Waals surface area contributed by atoms with E-state index in [9.17, 15) is 0 Å². The Morgan fingerprint density at radius 3 is 2.58 bits per heavy atom. The molecule has 2 aromatic heterocycles. The van der Waals surface area contributed by atoms with Gasteiger partial charge in [0.05, 0.1) is 17.4 Å². The van der Waals surface area contributed by atoms with Crippen LogP contribution in [0.3, 0.4) is 0 Å². The maximum Gasteiger partial charge on any atom is 0.204 e. The lowest BCUT2D eigenvalue weighted by molar-refractivity contribution is 0.414. The van der Waals surface area contributed by atoms with Gasteiger partial charge >= 0.3 is 0 Å². The molecular weight excluding hydrogens is 328 g/mol. The van der Waals surface area contributed by atoms with Gasteiger partial charge in [-0.05, 0) is 35.0 Å². The minimum absolute atomic E-state index is 0.639. The molecule has 7 heteroatoms. The van der Waals surface area contributed by atoms with Gasteiger partial charge in [-0.2, -0.15) is 0 Å². The van der Waals surface area contributed by atoms with Crippen molar-refractivity contribution in [1.82, 2.24) is 9.97 Å². The number of hydrogen-bond donors (Lipinski definition) is 2. The Balaban J connectivity index is 2.13. The summed E-state index contributed by atoms with van der Waals surface area (Å²) in [6, 6.07) is 4.10. The van der Waals surface area contributed by atoms with Crippen LogP contribution in [0.25, 0.3) is 0 Å². The van der Waals surface area contributed by atoms with Crippen molar-refractivity contribution in [3.05, 3.63) is 27.1 Å². The topological polar surface area (TPSA) is 59.1 Å². The summed E-state index contributed by atoms with van der Waals surface area (Å²) in [7, 11) is 1.62. The summed E-state index contributed by atoms with van der Waals surface area (Å²) in [5.41, 5.74) is 0. The fraction of sp³-hybridized carbons (Fsp3) is 0.333. The minimum Gasteiger partial charge on any atom is -0.490 e. The summed E-state index contributed by atoms with van der Waals surface area (Å²) >= 11 is 5.14. The third kappa shape index (κ3) is 3.57. The monoisotopic (exact) mass is 342 g/mol. The summed E-state index contributed by atoms with van der Waals surface area (Å²) in [6.07, 6.45) is 1.52. The first-order valence-electron chi connectivity index (χ1n) is 5.85. The van der Waals surface area contributed by atoms with Crippen LogP contribution in [0.2, 0.25) is 0 Å². The van der Waals surface area contributed by atoms with Gasteiger partial charge in [0.1, 0.15) is 6.33 Å². The van der Waals surface area contributed by atoms with Crippen LogP contribution < -0.4 is 15.4 Å². The lowest BCUT2D eigenvalue weighted by atomic mass is 10.4. The fourth-order valence-corrected chi connectivity index (χ4v) is 3.03. The van der Waals surface area contributed by atoms with E-state index in [4.69, 9.17) is 4.74 Å². The van der Waals surface area contributed by atoms with Crippen LogP contribution in [-0.2, 0) is 6.54 Å². The molecule has 0 aliphatic rings. The van der Waals surface area contributed by atoms with E-state index in [1.807, 2.05) is 13.0 Å². The maximum absolute atomic E-state index is 5.37. The second-order valence-corrected chi connectivity index (χ2v) is 6.24. The highest BCUT2D eigenvalue weighted by Crippen LogP contribution is 2.30. The number of nitrogens with zero attached hydrogens (tertiary/aromatic N) is 2. The quantitative estimate of drug-likeness (QED) is 0.842. The van der Waals surface area contributed by atoms with Gasteiger partial charge in [-0.15, -0.1) is 11.3 Å². The second kappa shape index (κ2) is 6.72. The first-order chi connectivity index (χ1) is 9.24. The average Bonchev–Trinajstić information content (AvgIpc) is 2.83. The molecule has 2 rings (SSSR count). The van der Waals surface area contributed by atoms with Crippen LogP contribution in [0.4, 0.5) is 11.6 Å². The fourth-order valence-electron chi connectivity index (χ4n) is 1.60. The molecule has 0 aliphatic carbocycles. The Morgan fingerprint density at radius 2 is 2.00 bits per heavy atom. The second-order valence-electron chi connectivity index (χ2n) is 3.69. The molecule has 0 saturated heterocycles. The number of ether oxygens (including phenoxy) is 1. The van der Waals surface area contributed by atoms with E-state index >= 15 is 0 Å². The van der Waals surface area contributed by atoms with Gasteiger partial charge in [0.25, 0.3) is 0 Å². The highest BCUT2D eigenvalue weighted by molar-refractivity contribution is 9.11. The predicted octanol–water partition coefficient (Wildman–Crippen LogP) is 3.35. The maximum atomic E-state index is 5.37. The molecule has 2 aromatic rings. The zero-order valence-corrected chi connectivity index (χ0v) is 13.1. The molecule has 0 aliphatic heterocycles. The van der Waals surface area contributed by atoms with Crippen LogP contribution in [0.1, 0.15) is 11.8 Å². The van der Waals surface area contributed by atoms with Crippen molar-refractivity contribution in [1.29, 1.82) is 0 Å². The van der Waals surface area contributed by atoms with E-state index in [2.05, 4.69) is 42.6 Å². The predicted molar refractivity (Wildman–Crippen MR) is 82.1 cm³/mol. The van der Waals surface area contributed by atoms with E-state index in [0.29, 0.717) is 23.9 Å². The van der Waals surface area contributed by atoms with Crippen LogP contribution in [0, 0.1) is 0 Å². The Labute approximate surface area is 124 Å². The molecular formula is C12H15BrN4OS. The standard InChI is InChI=1S/C12H15BrN4OS/c1-3-14-11-10(18-2)12(17-7-16-11)15-6-8-4-5-9(13)19-8/h4-5,7H,3,6H2,1-2H3,(H2,14,15,16,17). The van der Waals surface area contributed by atoms with E-state index in [1.54, 1.807) is 18.4 Å². The van der Waals surface area contributed by atoms with Gasteiger partial charge in [0, 0.05) is 11.4 Å². The summed E-state index contributed by atoms with van der Waals surface area (Å²) in [4.78, 5) is 9.61. The van der Waals surface area contributed by atoms with Gasteiger partial charge in [-0.1, -0.05) is 0 Å². The summed E-state index contributed by atoms with van der Waals surface area (Å²) < 4.78 is 6.48. The van der Waals surface area contributed by atoms with Crippen LogP contribution in [0.5, 0.6) is 5.75 Å². The summed E-state index contributed by atoms with van der Waals surface area (Å²) in [6.45, 7) is 3.50. The molecule has 0 unspecified atom stereocenters. The SMILES string of the molecule is CCNc1ncnc(NCc2ccc(Br)s2)c1OC. The highest BCUT2D eigenvalue weighted by Gasteiger charge is 2.11. The number of halogens is 1. The zero-order chi connectivity index (χ0) is 13.7. The molecule has 0 bridgehead atoms. The molecule has 0 radical (unpaired) electrons. The number of rotatable bonds is 6.